The molecule has 0 bridgehead atoms. The van der Waals surface area contributed by atoms with Crippen molar-refractivity contribution in [3.05, 3.63) is 11.9 Å². The van der Waals surface area contributed by atoms with E-state index in [1.807, 2.05) is 31.6 Å². The number of nitrogens with one attached hydrogen (secondary N) is 1. The fourth-order valence-electron chi connectivity index (χ4n) is 2.28. The third-order valence-corrected chi connectivity index (χ3v) is 3.27. The Bertz CT molecular complexity index is 487. The molecule has 21 heavy (non-hydrogen) atoms. The maximum Gasteiger partial charge on any atom is 0.407 e. The van der Waals surface area contributed by atoms with Crippen LogP contribution in [0.1, 0.15) is 52.3 Å². The lowest BCUT2D eigenvalue weighted by Gasteiger charge is -2.35. The SMILES string of the molecule is C[C@@H](O)Cc1cn([C@H]2C[C@H](NC(=O)OC(C)(C)C)C2)nn1. The molecule has 0 radical (unpaired) electrons. The lowest BCUT2D eigenvalue weighted by Crippen LogP contribution is -2.46. The summed E-state index contributed by atoms with van der Waals surface area (Å²) in [6.45, 7) is 7.25. The number of hydrogen-bond acceptors (Lipinski definition) is 5. The lowest BCUT2D eigenvalue weighted by atomic mass is 9.87. The predicted molar refractivity (Wildman–Crippen MR) is 76.8 cm³/mol. The topological polar surface area (TPSA) is 89.3 Å². The number of hydrogen-bond donors (Lipinski definition) is 2. The van der Waals surface area contributed by atoms with E-state index in [0.717, 1.165) is 18.5 Å². The summed E-state index contributed by atoms with van der Waals surface area (Å²) in [5, 5.41) is 20.3. The first-order chi connectivity index (χ1) is 9.73. The summed E-state index contributed by atoms with van der Waals surface area (Å²) in [5.74, 6) is 0. The summed E-state index contributed by atoms with van der Waals surface area (Å²) in [4.78, 5) is 11.6. The Balaban J connectivity index is 1.76. The summed E-state index contributed by atoms with van der Waals surface area (Å²) in [6, 6.07) is 0.370. The van der Waals surface area contributed by atoms with Crippen molar-refractivity contribution in [1.82, 2.24) is 20.3 Å². The highest BCUT2D eigenvalue weighted by Gasteiger charge is 2.33. The largest absolute Gasteiger partial charge is 0.444 e. The number of carbonyl (C=O) groups excluding carboxylic acids is 1. The third kappa shape index (κ3) is 4.70. The highest BCUT2D eigenvalue weighted by molar-refractivity contribution is 5.68. The number of carbonyl (C=O) groups is 1. The van der Waals surface area contributed by atoms with Crippen LogP contribution in [0, 0.1) is 0 Å². The van der Waals surface area contributed by atoms with Crippen molar-refractivity contribution in [3.63, 3.8) is 0 Å². The van der Waals surface area contributed by atoms with Gasteiger partial charge in [0.15, 0.2) is 0 Å². The van der Waals surface area contributed by atoms with Crippen LogP contribution in [0.5, 0.6) is 0 Å². The zero-order valence-electron chi connectivity index (χ0n) is 13.0. The molecular weight excluding hydrogens is 272 g/mol. The van der Waals surface area contributed by atoms with Gasteiger partial charge in [-0.15, -0.1) is 5.10 Å². The number of aliphatic hydroxyl groups excluding tert-OH is 1. The molecule has 0 unspecified atom stereocenters. The third-order valence-electron chi connectivity index (χ3n) is 3.27. The van der Waals surface area contributed by atoms with Crippen molar-refractivity contribution < 1.29 is 14.6 Å². The molecule has 1 aliphatic carbocycles. The number of aromatic nitrogens is 3. The smallest absolute Gasteiger partial charge is 0.407 e. The zero-order chi connectivity index (χ0) is 15.6. The minimum absolute atomic E-state index is 0.120. The molecule has 1 atom stereocenters. The van der Waals surface area contributed by atoms with Crippen LogP contribution in [0.25, 0.3) is 0 Å². The second kappa shape index (κ2) is 6.01. The number of rotatable bonds is 4. The molecule has 2 rings (SSSR count). The molecule has 0 aliphatic heterocycles. The van der Waals surface area contributed by atoms with Gasteiger partial charge in [0.25, 0.3) is 0 Å². The summed E-state index contributed by atoms with van der Waals surface area (Å²) in [6.07, 6.45) is 3.21. The van der Waals surface area contributed by atoms with Crippen molar-refractivity contribution in [2.45, 2.75) is 70.7 Å². The lowest BCUT2D eigenvalue weighted by molar-refractivity contribution is 0.0452. The summed E-state index contributed by atoms with van der Waals surface area (Å²) < 4.78 is 7.03. The summed E-state index contributed by atoms with van der Waals surface area (Å²) in [5.41, 5.74) is 0.309. The van der Waals surface area contributed by atoms with Crippen LogP contribution in [-0.2, 0) is 11.2 Å². The van der Waals surface area contributed by atoms with Crippen LogP contribution in [0.15, 0.2) is 6.20 Å². The van der Waals surface area contributed by atoms with E-state index in [1.54, 1.807) is 6.92 Å². The van der Waals surface area contributed by atoms with Gasteiger partial charge >= 0.3 is 6.09 Å². The van der Waals surface area contributed by atoms with Crippen molar-refractivity contribution in [2.75, 3.05) is 0 Å². The van der Waals surface area contributed by atoms with Crippen molar-refractivity contribution in [2.24, 2.45) is 0 Å². The van der Waals surface area contributed by atoms with Gasteiger partial charge in [-0.25, -0.2) is 9.48 Å². The average molecular weight is 296 g/mol. The fraction of sp³-hybridized carbons (Fsp3) is 0.786. The molecule has 1 heterocycles. The number of alkyl carbamates (subject to hydrolysis) is 1. The van der Waals surface area contributed by atoms with Gasteiger partial charge < -0.3 is 15.2 Å². The van der Waals surface area contributed by atoms with Crippen LogP contribution in [0.3, 0.4) is 0 Å². The zero-order valence-corrected chi connectivity index (χ0v) is 13.0. The van der Waals surface area contributed by atoms with Gasteiger partial charge in [-0.05, 0) is 40.5 Å². The maximum absolute atomic E-state index is 11.6. The molecule has 1 aromatic rings. The quantitative estimate of drug-likeness (QED) is 0.877. The maximum atomic E-state index is 11.6. The Kier molecular flexibility index (Phi) is 4.51. The molecule has 1 aliphatic rings. The molecule has 118 valence electrons. The highest BCUT2D eigenvalue weighted by atomic mass is 16.6. The molecule has 2 N–H and O–H groups in total. The first-order valence-corrected chi connectivity index (χ1v) is 7.31. The number of ether oxygens (including phenoxy) is 1. The molecule has 1 amide bonds. The minimum atomic E-state index is -0.477. The van der Waals surface area contributed by atoms with Crippen LogP contribution in [0.2, 0.25) is 0 Å². The summed E-state index contributed by atoms with van der Waals surface area (Å²) >= 11 is 0. The van der Waals surface area contributed by atoms with Gasteiger partial charge in [-0.3, -0.25) is 0 Å². The molecule has 7 heteroatoms. The summed E-state index contributed by atoms with van der Waals surface area (Å²) in [7, 11) is 0. The Labute approximate surface area is 124 Å². The molecule has 7 nitrogen and oxygen atoms in total. The van der Waals surface area contributed by atoms with E-state index in [2.05, 4.69) is 15.6 Å². The standard InChI is InChI=1S/C14H24N4O3/c1-9(19)5-11-8-18(17-16-11)12-6-10(7-12)15-13(20)21-14(2,3)4/h8-10,12,19H,5-7H2,1-4H3,(H,15,20)/t9-,10-,12-/m1/s1. The second-order valence-electron chi connectivity index (χ2n) is 6.71. The van der Waals surface area contributed by atoms with Gasteiger partial charge in [-0.2, -0.15) is 0 Å². The highest BCUT2D eigenvalue weighted by Crippen LogP contribution is 2.31. The first-order valence-electron chi connectivity index (χ1n) is 7.31. The average Bonchev–Trinajstić information content (AvgIpc) is 2.67. The Hall–Kier alpha value is -1.63. The normalized spacial score (nSPS) is 23.3. The Morgan fingerprint density at radius 2 is 2.24 bits per heavy atom. The van der Waals surface area contributed by atoms with Crippen molar-refractivity contribution in [3.8, 4) is 0 Å². The number of amides is 1. The van der Waals surface area contributed by atoms with Gasteiger partial charge in [0.1, 0.15) is 5.60 Å². The van der Waals surface area contributed by atoms with Gasteiger partial charge in [0.05, 0.1) is 17.8 Å². The molecule has 0 aromatic carbocycles. The molecule has 1 saturated carbocycles. The molecule has 0 saturated heterocycles. The Morgan fingerprint density at radius 1 is 1.57 bits per heavy atom. The van der Waals surface area contributed by atoms with Crippen LogP contribution >= 0.6 is 0 Å². The fourth-order valence-corrected chi connectivity index (χ4v) is 2.28. The van der Waals surface area contributed by atoms with Crippen LogP contribution < -0.4 is 5.32 Å². The van der Waals surface area contributed by atoms with Crippen molar-refractivity contribution in [1.29, 1.82) is 0 Å². The first kappa shape index (κ1) is 15.8. The monoisotopic (exact) mass is 296 g/mol. The van der Waals surface area contributed by atoms with E-state index >= 15 is 0 Å². The number of nitrogens with zero attached hydrogens (tertiary/aromatic N) is 3. The number of aliphatic hydroxyl groups is 1. The minimum Gasteiger partial charge on any atom is -0.444 e. The van der Waals surface area contributed by atoms with Crippen molar-refractivity contribution >= 4 is 6.09 Å². The van der Waals surface area contributed by atoms with E-state index in [9.17, 15) is 9.90 Å². The van der Waals surface area contributed by atoms with Gasteiger partial charge in [-0.1, -0.05) is 5.21 Å². The van der Waals surface area contributed by atoms with E-state index in [1.165, 1.54) is 0 Å². The molecular formula is C14H24N4O3. The van der Waals surface area contributed by atoms with E-state index in [4.69, 9.17) is 4.74 Å². The molecule has 1 fully saturated rings. The van der Waals surface area contributed by atoms with Crippen LogP contribution in [-0.4, -0.2) is 43.9 Å². The molecule has 0 spiro atoms. The second-order valence-corrected chi connectivity index (χ2v) is 6.71. The van der Waals surface area contributed by atoms with E-state index < -0.39 is 11.7 Å². The van der Waals surface area contributed by atoms with E-state index in [-0.39, 0.29) is 18.2 Å². The van der Waals surface area contributed by atoms with Gasteiger partial charge in [0, 0.05) is 18.7 Å². The van der Waals surface area contributed by atoms with Crippen LogP contribution in [0.4, 0.5) is 4.79 Å². The predicted octanol–water partition coefficient (Wildman–Crippen LogP) is 1.43. The molecule has 1 aromatic heterocycles. The Morgan fingerprint density at radius 3 is 2.81 bits per heavy atom. The van der Waals surface area contributed by atoms with E-state index in [0.29, 0.717) is 6.42 Å². The van der Waals surface area contributed by atoms with Gasteiger partial charge in [0.2, 0.25) is 0 Å².